The molecule has 66 valence electrons. The summed E-state index contributed by atoms with van der Waals surface area (Å²) in [6, 6.07) is 10.7. The topological polar surface area (TPSA) is 0 Å². The number of allylic oxidation sites excluding steroid dienone is 1. The molecule has 0 unspecified atom stereocenters. The maximum absolute atomic E-state index is 2.47. The summed E-state index contributed by atoms with van der Waals surface area (Å²) < 4.78 is 2.47. The van der Waals surface area contributed by atoms with E-state index < -0.39 is 23.1 Å². The Morgan fingerprint density at radius 1 is 1.31 bits per heavy atom. The van der Waals surface area contributed by atoms with Crippen LogP contribution < -0.4 is 0 Å². The number of hydrogen-bond donors (Lipinski definition) is 0. The van der Waals surface area contributed by atoms with E-state index in [1.807, 2.05) is 0 Å². The van der Waals surface area contributed by atoms with Crippen LogP contribution in [0.5, 0.6) is 0 Å². The van der Waals surface area contributed by atoms with E-state index >= 15 is 0 Å². The Balaban J connectivity index is 2.20. The first-order valence-electron chi connectivity index (χ1n) is 4.76. The molecule has 0 radical (unpaired) electrons. The van der Waals surface area contributed by atoms with Crippen LogP contribution in [0.4, 0.5) is 0 Å². The second-order valence-corrected chi connectivity index (χ2v) is 13.1. The van der Waals surface area contributed by atoms with Gasteiger partial charge < -0.3 is 0 Å². The van der Waals surface area contributed by atoms with Gasteiger partial charge in [-0.05, 0) is 0 Å². The summed E-state index contributed by atoms with van der Waals surface area (Å²) in [6.45, 7) is 2.23. The average molecular weight is 379 g/mol. The molecule has 0 bridgehead atoms. The molecule has 0 saturated heterocycles. The fourth-order valence-electron chi connectivity index (χ4n) is 1.01. The summed E-state index contributed by atoms with van der Waals surface area (Å²) in [5.74, 6) is 0. The predicted octanol–water partition coefficient (Wildman–Crippen LogP) is 4.09. The van der Waals surface area contributed by atoms with Gasteiger partial charge in [-0.3, -0.25) is 0 Å². The van der Waals surface area contributed by atoms with E-state index in [-0.39, 0.29) is 0 Å². The summed E-state index contributed by atoms with van der Waals surface area (Å²) in [7, 11) is 2.11. The van der Waals surface area contributed by atoms with Crippen LogP contribution in [0.1, 0.15) is 19.8 Å². The molecule has 0 aliphatic heterocycles. The van der Waals surface area contributed by atoms with E-state index in [0.29, 0.717) is 0 Å². The molecule has 0 aromatic heterocycles. The van der Waals surface area contributed by atoms with Crippen molar-refractivity contribution < 1.29 is 23.1 Å². The van der Waals surface area contributed by atoms with Crippen molar-refractivity contribution >= 4 is 8.24 Å². The summed E-state index contributed by atoms with van der Waals surface area (Å²) in [6.07, 6.45) is 4.90. The van der Waals surface area contributed by atoms with Gasteiger partial charge in [0, 0.05) is 0 Å². The molecule has 13 heavy (non-hydrogen) atoms. The Morgan fingerprint density at radius 3 is 2.77 bits per heavy atom. The number of benzene rings is 1. The summed E-state index contributed by atoms with van der Waals surface area (Å²) in [5, 5.41) is 0. The molecule has 0 N–H and O–H groups in total. The fraction of sp³-hybridized carbons (Fsp3) is 0.273. The normalized spacial score (nSPS) is 10.2. The minimum absolute atomic E-state index is 0.766. The Bertz CT molecular complexity index is 244. The Kier molecular flexibility index (Phi) is 6.64. The van der Waals surface area contributed by atoms with Gasteiger partial charge in [0.05, 0.1) is 0 Å². The fourth-order valence-corrected chi connectivity index (χ4v) is 9.90. The van der Waals surface area contributed by atoms with Crippen LogP contribution in [0.2, 0.25) is 0 Å². The van der Waals surface area contributed by atoms with Crippen LogP contribution in [0.25, 0.3) is 0 Å². The molecular weight excluding hydrogens is 365 g/mol. The van der Waals surface area contributed by atoms with Gasteiger partial charge in [-0.2, -0.15) is 0 Å². The number of rotatable bonds is 5. The van der Waals surface area contributed by atoms with Crippen molar-refractivity contribution in [1.82, 2.24) is 0 Å². The third-order valence-electron chi connectivity index (χ3n) is 1.71. The van der Waals surface area contributed by atoms with Crippen molar-refractivity contribution in [2.24, 2.45) is 0 Å². The molecule has 0 atom stereocenters. The van der Waals surface area contributed by atoms with Crippen LogP contribution >= 0.6 is 8.24 Å². The van der Waals surface area contributed by atoms with Crippen LogP contribution in [0, 0.1) is 0 Å². The first kappa shape index (κ1) is 11.3. The molecule has 1 aromatic carbocycles. The monoisotopic (exact) mass is 380 g/mol. The SMILES string of the molecule is CCC/C=[CH]/[Hg][S]c1ccccc1. The van der Waals surface area contributed by atoms with E-state index in [1.54, 1.807) is 0 Å². The van der Waals surface area contributed by atoms with Crippen molar-refractivity contribution in [3.8, 4) is 0 Å². The molecule has 2 heteroatoms. The van der Waals surface area contributed by atoms with Gasteiger partial charge in [0.15, 0.2) is 0 Å². The van der Waals surface area contributed by atoms with Gasteiger partial charge in [0.25, 0.3) is 0 Å². The number of unbranched alkanes of at least 4 members (excludes halogenated alkanes) is 1. The third-order valence-corrected chi connectivity index (χ3v) is 12.0. The van der Waals surface area contributed by atoms with Gasteiger partial charge in [-0.15, -0.1) is 0 Å². The molecule has 0 heterocycles. The minimum atomic E-state index is -0.766. The zero-order chi connectivity index (χ0) is 9.36. The standard InChI is InChI=1S/C6H6S.C5H9.Hg/c7-6-4-2-1-3-5-6;1-3-5-4-2;/h1-5,7H;1,3H,4-5H2,2H3;/q;;+1/p-1. The van der Waals surface area contributed by atoms with E-state index in [0.717, 1.165) is 0 Å². The quantitative estimate of drug-likeness (QED) is 0.695. The van der Waals surface area contributed by atoms with Crippen molar-refractivity contribution in [2.45, 2.75) is 24.7 Å². The second-order valence-electron chi connectivity index (χ2n) is 2.88. The van der Waals surface area contributed by atoms with Crippen molar-refractivity contribution in [3.05, 3.63) is 40.0 Å². The zero-order valence-electron chi connectivity index (χ0n) is 8.07. The molecule has 0 amide bonds. The van der Waals surface area contributed by atoms with E-state index in [2.05, 4.69) is 55.2 Å². The molecule has 1 rings (SSSR count). The van der Waals surface area contributed by atoms with Crippen LogP contribution in [-0.2, 0) is 23.1 Å². The van der Waals surface area contributed by atoms with E-state index in [1.165, 1.54) is 17.7 Å². The Labute approximate surface area is 95.4 Å². The van der Waals surface area contributed by atoms with Crippen molar-refractivity contribution in [3.63, 3.8) is 0 Å². The molecular formula is C11H14HgS. The van der Waals surface area contributed by atoms with E-state index in [9.17, 15) is 0 Å². The first-order chi connectivity index (χ1) is 6.43. The van der Waals surface area contributed by atoms with Crippen LogP contribution in [0.15, 0.2) is 44.9 Å². The number of hydrogen-bond acceptors (Lipinski definition) is 1. The third kappa shape index (κ3) is 5.53. The van der Waals surface area contributed by atoms with Gasteiger partial charge >= 0.3 is 96.0 Å². The van der Waals surface area contributed by atoms with E-state index in [4.69, 9.17) is 0 Å². The van der Waals surface area contributed by atoms with Crippen molar-refractivity contribution in [2.75, 3.05) is 0 Å². The molecule has 0 aliphatic rings. The molecule has 0 spiro atoms. The van der Waals surface area contributed by atoms with Gasteiger partial charge in [0.1, 0.15) is 0 Å². The van der Waals surface area contributed by atoms with Gasteiger partial charge in [-0.1, -0.05) is 0 Å². The molecule has 0 saturated carbocycles. The second kappa shape index (κ2) is 7.63. The van der Waals surface area contributed by atoms with Gasteiger partial charge in [0.2, 0.25) is 0 Å². The van der Waals surface area contributed by atoms with Gasteiger partial charge in [-0.25, -0.2) is 0 Å². The summed E-state index contributed by atoms with van der Waals surface area (Å²) >= 11 is -0.766. The predicted molar refractivity (Wildman–Crippen MR) is 56.3 cm³/mol. The first-order valence-corrected chi connectivity index (χ1v) is 15.7. The summed E-state index contributed by atoms with van der Waals surface area (Å²) in [4.78, 5) is 1.45. The Morgan fingerprint density at radius 2 is 2.08 bits per heavy atom. The van der Waals surface area contributed by atoms with Crippen LogP contribution in [0.3, 0.4) is 0 Å². The Hall–Kier alpha value is 0.245. The van der Waals surface area contributed by atoms with Crippen molar-refractivity contribution in [1.29, 1.82) is 0 Å². The molecule has 0 nitrogen and oxygen atoms in total. The maximum atomic E-state index is 2.47. The summed E-state index contributed by atoms with van der Waals surface area (Å²) in [5.41, 5.74) is 0. The molecule has 0 fully saturated rings. The average Bonchev–Trinajstić information content (AvgIpc) is 2.19. The zero-order valence-corrected chi connectivity index (χ0v) is 14.4. The molecule has 1 aromatic rings. The molecule has 0 aliphatic carbocycles. The van der Waals surface area contributed by atoms with Crippen LogP contribution in [-0.4, -0.2) is 0 Å².